The molecule has 0 saturated heterocycles. The maximum absolute atomic E-state index is 11.2. The van der Waals surface area contributed by atoms with Crippen molar-refractivity contribution in [2.45, 2.75) is 12.7 Å². The SMILES string of the molecule is O=C(O)C(OCc1ccc([N+](=O)[O-])cc1)c1cccs1. The molecule has 7 heteroatoms. The van der Waals surface area contributed by atoms with Gasteiger partial charge in [0, 0.05) is 17.0 Å². The number of non-ortho nitro benzene ring substituents is 1. The third-order valence-electron chi connectivity index (χ3n) is 2.59. The smallest absolute Gasteiger partial charge is 0.338 e. The lowest BCUT2D eigenvalue weighted by Gasteiger charge is -2.11. The molecule has 0 bridgehead atoms. The Hall–Kier alpha value is -2.25. The van der Waals surface area contributed by atoms with Crippen LogP contribution >= 0.6 is 11.3 Å². The van der Waals surface area contributed by atoms with E-state index in [1.807, 2.05) is 0 Å². The Morgan fingerprint density at radius 2 is 2.05 bits per heavy atom. The van der Waals surface area contributed by atoms with Crippen LogP contribution in [-0.4, -0.2) is 16.0 Å². The first kappa shape index (κ1) is 14.2. The number of hydrogen-bond donors (Lipinski definition) is 1. The molecule has 0 amide bonds. The van der Waals surface area contributed by atoms with Gasteiger partial charge in [-0.15, -0.1) is 11.3 Å². The summed E-state index contributed by atoms with van der Waals surface area (Å²) in [6, 6.07) is 9.26. The Morgan fingerprint density at radius 3 is 2.55 bits per heavy atom. The Balaban J connectivity index is 2.03. The van der Waals surface area contributed by atoms with Gasteiger partial charge in [-0.25, -0.2) is 4.79 Å². The van der Waals surface area contributed by atoms with Gasteiger partial charge in [-0.2, -0.15) is 0 Å². The Bertz CT molecular complexity index is 594. The molecule has 0 aliphatic rings. The molecular formula is C13H11NO5S. The summed E-state index contributed by atoms with van der Waals surface area (Å²) in [6.45, 7) is 0.0763. The van der Waals surface area contributed by atoms with E-state index in [0.29, 0.717) is 10.4 Å². The predicted octanol–water partition coefficient (Wildman–Crippen LogP) is 3.00. The maximum atomic E-state index is 11.2. The molecule has 1 aromatic heterocycles. The van der Waals surface area contributed by atoms with Crippen LogP contribution in [0.15, 0.2) is 41.8 Å². The number of ether oxygens (including phenoxy) is 1. The second-order valence-electron chi connectivity index (χ2n) is 3.97. The monoisotopic (exact) mass is 293 g/mol. The van der Waals surface area contributed by atoms with Crippen LogP contribution in [0.3, 0.4) is 0 Å². The molecule has 1 heterocycles. The third-order valence-corrected chi connectivity index (χ3v) is 3.51. The first-order chi connectivity index (χ1) is 9.58. The predicted molar refractivity (Wildman–Crippen MR) is 72.6 cm³/mol. The van der Waals surface area contributed by atoms with Gasteiger partial charge >= 0.3 is 5.97 Å². The van der Waals surface area contributed by atoms with Crippen LogP contribution in [0.5, 0.6) is 0 Å². The van der Waals surface area contributed by atoms with E-state index in [0.717, 1.165) is 0 Å². The molecule has 1 N–H and O–H groups in total. The van der Waals surface area contributed by atoms with Crippen molar-refractivity contribution in [2.24, 2.45) is 0 Å². The zero-order valence-corrected chi connectivity index (χ0v) is 11.1. The molecule has 0 radical (unpaired) electrons. The van der Waals surface area contributed by atoms with E-state index >= 15 is 0 Å². The highest BCUT2D eigenvalue weighted by Gasteiger charge is 2.21. The van der Waals surface area contributed by atoms with E-state index in [4.69, 9.17) is 9.84 Å². The first-order valence-corrected chi connectivity index (χ1v) is 6.57. The molecule has 0 saturated carbocycles. The molecule has 1 unspecified atom stereocenters. The van der Waals surface area contributed by atoms with E-state index in [1.165, 1.54) is 23.5 Å². The molecule has 2 aromatic rings. The average molecular weight is 293 g/mol. The highest BCUT2D eigenvalue weighted by Crippen LogP contribution is 2.24. The number of aliphatic carboxylic acids is 1. The quantitative estimate of drug-likeness (QED) is 0.653. The minimum atomic E-state index is -1.06. The van der Waals surface area contributed by atoms with Gasteiger partial charge < -0.3 is 9.84 Å². The number of benzene rings is 1. The normalized spacial score (nSPS) is 12.0. The summed E-state index contributed by atoms with van der Waals surface area (Å²) in [4.78, 5) is 21.8. The van der Waals surface area contributed by atoms with Crippen molar-refractivity contribution in [1.82, 2.24) is 0 Å². The number of nitro groups is 1. The molecule has 1 aromatic carbocycles. The van der Waals surface area contributed by atoms with Gasteiger partial charge in [0.1, 0.15) is 0 Å². The summed E-state index contributed by atoms with van der Waals surface area (Å²) >= 11 is 1.31. The van der Waals surface area contributed by atoms with E-state index in [1.54, 1.807) is 29.6 Å². The first-order valence-electron chi connectivity index (χ1n) is 5.69. The number of nitro benzene ring substituents is 1. The number of carbonyl (C=O) groups is 1. The largest absolute Gasteiger partial charge is 0.479 e. The molecule has 6 nitrogen and oxygen atoms in total. The summed E-state index contributed by atoms with van der Waals surface area (Å²) in [5, 5.41) is 21.4. The summed E-state index contributed by atoms with van der Waals surface area (Å²) in [5.74, 6) is -1.06. The van der Waals surface area contributed by atoms with Gasteiger partial charge in [-0.1, -0.05) is 6.07 Å². The summed E-state index contributed by atoms with van der Waals surface area (Å²) in [7, 11) is 0. The van der Waals surface area contributed by atoms with Crippen molar-refractivity contribution in [2.75, 3.05) is 0 Å². The Kier molecular flexibility index (Phi) is 4.44. The van der Waals surface area contributed by atoms with Gasteiger partial charge in [0.05, 0.1) is 11.5 Å². The molecule has 0 fully saturated rings. The zero-order valence-electron chi connectivity index (χ0n) is 10.3. The van der Waals surface area contributed by atoms with Gasteiger partial charge in [0.25, 0.3) is 5.69 Å². The molecule has 104 valence electrons. The molecular weight excluding hydrogens is 282 g/mol. The fourth-order valence-corrected chi connectivity index (χ4v) is 2.37. The maximum Gasteiger partial charge on any atom is 0.338 e. The van der Waals surface area contributed by atoms with Gasteiger partial charge in [-0.3, -0.25) is 10.1 Å². The highest BCUT2D eigenvalue weighted by atomic mass is 32.1. The van der Waals surface area contributed by atoms with Crippen LogP contribution in [-0.2, 0) is 16.1 Å². The van der Waals surface area contributed by atoms with Crippen LogP contribution in [0.25, 0.3) is 0 Å². The number of nitrogens with zero attached hydrogens (tertiary/aromatic N) is 1. The summed E-state index contributed by atoms with van der Waals surface area (Å²) < 4.78 is 5.38. The molecule has 0 spiro atoms. The minimum Gasteiger partial charge on any atom is -0.479 e. The van der Waals surface area contributed by atoms with Crippen LogP contribution in [0, 0.1) is 10.1 Å². The highest BCUT2D eigenvalue weighted by molar-refractivity contribution is 7.10. The van der Waals surface area contributed by atoms with Crippen LogP contribution in [0.1, 0.15) is 16.5 Å². The van der Waals surface area contributed by atoms with Gasteiger partial charge in [0.15, 0.2) is 6.10 Å². The van der Waals surface area contributed by atoms with E-state index in [-0.39, 0.29) is 12.3 Å². The summed E-state index contributed by atoms with van der Waals surface area (Å²) in [5.41, 5.74) is 0.667. The lowest BCUT2D eigenvalue weighted by molar-refractivity contribution is -0.384. The third kappa shape index (κ3) is 3.40. The van der Waals surface area contributed by atoms with Crippen molar-refractivity contribution in [3.05, 3.63) is 62.3 Å². The number of carboxylic acids is 1. The topological polar surface area (TPSA) is 89.7 Å². The van der Waals surface area contributed by atoms with E-state index < -0.39 is 17.0 Å². The second-order valence-corrected chi connectivity index (χ2v) is 4.95. The van der Waals surface area contributed by atoms with E-state index in [9.17, 15) is 14.9 Å². The van der Waals surface area contributed by atoms with Crippen LogP contribution < -0.4 is 0 Å². The fourth-order valence-electron chi connectivity index (χ4n) is 1.61. The van der Waals surface area contributed by atoms with Crippen molar-refractivity contribution in [3.63, 3.8) is 0 Å². The zero-order chi connectivity index (χ0) is 14.5. The van der Waals surface area contributed by atoms with Crippen molar-refractivity contribution in [3.8, 4) is 0 Å². The Labute approximate surface area is 118 Å². The minimum absolute atomic E-state index is 0.0122. The molecule has 2 rings (SSSR count). The van der Waals surface area contributed by atoms with Crippen molar-refractivity contribution >= 4 is 23.0 Å². The van der Waals surface area contributed by atoms with Crippen LogP contribution in [0.4, 0.5) is 5.69 Å². The standard InChI is InChI=1S/C13H11NO5S/c15-13(16)12(11-2-1-7-20-11)19-8-9-3-5-10(6-4-9)14(17)18/h1-7,12H,8H2,(H,15,16). The summed E-state index contributed by atoms with van der Waals surface area (Å²) in [6.07, 6.45) is -1.02. The van der Waals surface area contributed by atoms with Gasteiger partial charge in [0.2, 0.25) is 0 Å². The number of hydrogen-bond acceptors (Lipinski definition) is 5. The average Bonchev–Trinajstić information content (AvgIpc) is 2.93. The molecule has 1 atom stereocenters. The molecule has 0 aliphatic heterocycles. The van der Waals surface area contributed by atoms with Crippen molar-refractivity contribution < 1.29 is 19.6 Å². The van der Waals surface area contributed by atoms with E-state index in [2.05, 4.69) is 0 Å². The Morgan fingerprint density at radius 1 is 1.35 bits per heavy atom. The molecule has 0 aliphatic carbocycles. The number of rotatable bonds is 6. The fraction of sp³-hybridized carbons (Fsp3) is 0.154. The number of thiophene rings is 1. The lowest BCUT2D eigenvalue weighted by atomic mass is 10.2. The number of carboxylic acid groups (broad SMARTS) is 1. The van der Waals surface area contributed by atoms with Crippen LogP contribution in [0.2, 0.25) is 0 Å². The molecule has 20 heavy (non-hydrogen) atoms. The van der Waals surface area contributed by atoms with Gasteiger partial charge in [-0.05, 0) is 29.1 Å². The van der Waals surface area contributed by atoms with Crippen molar-refractivity contribution in [1.29, 1.82) is 0 Å². The second kappa shape index (κ2) is 6.27. The lowest BCUT2D eigenvalue weighted by Crippen LogP contribution is -2.14.